The summed E-state index contributed by atoms with van der Waals surface area (Å²) < 4.78 is 12.4. The van der Waals surface area contributed by atoms with Crippen LogP contribution in [0.15, 0.2) is 48.7 Å². The number of para-hydroxylation sites is 1. The van der Waals surface area contributed by atoms with Crippen molar-refractivity contribution in [1.29, 1.82) is 0 Å². The van der Waals surface area contributed by atoms with Crippen molar-refractivity contribution >= 4 is 39.9 Å². The number of likely N-dealkylation sites (N-methyl/N-ethyl adjacent to an activating group) is 2. The number of benzene rings is 2. The zero-order valence-corrected chi connectivity index (χ0v) is 23.2. The first-order valence-corrected chi connectivity index (χ1v) is 12.3. The summed E-state index contributed by atoms with van der Waals surface area (Å²) in [6.07, 6.45) is 1.54. The van der Waals surface area contributed by atoms with Crippen LogP contribution in [0.2, 0.25) is 0 Å². The highest BCUT2D eigenvalue weighted by Crippen LogP contribution is 2.39. The number of carbonyl (C=O) groups is 1. The van der Waals surface area contributed by atoms with E-state index in [4.69, 9.17) is 14.3 Å². The molecule has 0 atom stereocenters. The Kier molecular flexibility index (Phi) is 8.46. The topological polar surface area (TPSA) is 137 Å². The number of aromatic nitrogens is 3. The summed E-state index contributed by atoms with van der Waals surface area (Å²) in [5.41, 5.74) is 2.80. The lowest BCUT2D eigenvalue weighted by atomic mass is 10.1. The quantitative estimate of drug-likeness (QED) is 0.165. The van der Waals surface area contributed by atoms with Gasteiger partial charge in [0.25, 0.3) is 5.69 Å². The molecular formula is C27H31N7O6. The molecule has 2 aromatic heterocycles. The lowest BCUT2D eigenvalue weighted by Crippen LogP contribution is -2.30. The fourth-order valence-corrected chi connectivity index (χ4v) is 4.45. The number of carbonyl (C=O) groups excluding carboxylic acids is 1. The first kappa shape index (κ1) is 28.3. The maximum atomic E-state index is 12.8. The van der Waals surface area contributed by atoms with Crippen molar-refractivity contribution < 1.29 is 24.0 Å². The van der Waals surface area contributed by atoms with Gasteiger partial charge in [-0.2, -0.15) is 5.06 Å². The van der Waals surface area contributed by atoms with E-state index in [1.54, 1.807) is 61.1 Å². The minimum atomic E-state index is -0.504. The van der Waals surface area contributed by atoms with Crippen LogP contribution in [0.5, 0.6) is 5.75 Å². The third-order valence-corrected chi connectivity index (χ3v) is 6.61. The smallest absolute Gasteiger partial charge is 0.355 e. The van der Waals surface area contributed by atoms with Crippen LogP contribution in [0.25, 0.3) is 22.2 Å². The van der Waals surface area contributed by atoms with Crippen molar-refractivity contribution in [2.75, 3.05) is 58.7 Å². The predicted molar refractivity (Wildman–Crippen MR) is 151 cm³/mol. The number of nitrogens with one attached hydrogen (secondary N) is 1. The number of hydrogen-bond acceptors (Lipinski definition) is 11. The van der Waals surface area contributed by atoms with E-state index in [2.05, 4.69) is 15.3 Å². The number of methoxy groups -OCH3 is 2. The number of aryl methyl sites for hydroxylation is 1. The highest BCUT2D eigenvalue weighted by Gasteiger charge is 2.25. The molecule has 40 heavy (non-hydrogen) atoms. The van der Waals surface area contributed by atoms with Crippen molar-refractivity contribution in [1.82, 2.24) is 19.6 Å². The number of ether oxygens (including phenoxy) is 2. The van der Waals surface area contributed by atoms with Gasteiger partial charge in [-0.3, -0.25) is 10.1 Å². The van der Waals surface area contributed by atoms with Gasteiger partial charge in [0, 0.05) is 69.0 Å². The van der Waals surface area contributed by atoms with Gasteiger partial charge in [0.1, 0.15) is 17.1 Å². The van der Waals surface area contributed by atoms with Crippen LogP contribution in [0.1, 0.15) is 10.5 Å². The highest BCUT2D eigenvalue weighted by molar-refractivity contribution is 6.08. The van der Waals surface area contributed by atoms with E-state index in [9.17, 15) is 14.9 Å². The molecule has 13 heteroatoms. The molecule has 13 nitrogen and oxygen atoms in total. The second kappa shape index (κ2) is 12.0. The summed E-state index contributed by atoms with van der Waals surface area (Å²) in [6, 6.07) is 12.2. The Morgan fingerprint density at radius 1 is 1.12 bits per heavy atom. The summed E-state index contributed by atoms with van der Waals surface area (Å²) in [4.78, 5) is 40.2. The van der Waals surface area contributed by atoms with Gasteiger partial charge in [0.05, 0.1) is 37.6 Å². The van der Waals surface area contributed by atoms with Crippen molar-refractivity contribution in [2.24, 2.45) is 7.05 Å². The molecule has 0 aliphatic rings. The number of hydroxylamine groups is 2. The van der Waals surface area contributed by atoms with Crippen LogP contribution in [-0.2, 0) is 16.6 Å². The van der Waals surface area contributed by atoms with Crippen LogP contribution in [0.3, 0.4) is 0 Å². The van der Waals surface area contributed by atoms with Crippen molar-refractivity contribution in [2.45, 2.75) is 0 Å². The van der Waals surface area contributed by atoms with E-state index in [1.165, 1.54) is 20.3 Å². The minimum absolute atomic E-state index is 0.121. The Labute approximate surface area is 231 Å². The average Bonchev–Trinajstić information content (AvgIpc) is 3.27. The summed E-state index contributed by atoms with van der Waals surface area (Å²) in [5, 5.41) is 17.5. The van der Waals surface area contributed by atoms with Crippen LogP contribution < -0.4 is 15.0 Å². The molecule has 0 bridgehead atoms. The molecule has 0 aliphatic carbocycles. The van der Waals surface area contributed by atoms with Crippen LogP contribution in [0.4, 0.5) is 23.0 Å². The van der Waals surface area contributed by atoms with Crippen molar-refractivity contribution in [3.63, 3.8) is 0 Å². The van der Waals surface area contributed by atoms with Gasteiger partial charge in [-0.05, 0) is 12.1 Å². The van der Waals surface area contributed by atoms with Gasteiger partial charge in [-0.1, -0.05) is 18.2 Å². The third-order valence-electron chi connectivity index (χ3n) is 6.61. The fourth-order valence-electron chi connectivity index (χ4n) is 4.45. The molecule has 0 saturated heterocycles. The zero-order chi connectivity index (χ0) is 29.0. The van der Waals surface area contributed by atoms with E-state index in [0.29, 0.717) is 47.2 Å². The van der Waals surface area contributed by atoms with E-state index in [1.807, 2.05) is 24.3 Å². The second-order valence-electron chi connectivity index (χ2n) is 8.94. The maximum absolute atomic E-state index is 12.8. The molecule has 0 spiro atoms. The molecule has 0 radical (unpaired) electrons. The first-order valence-electron chi connectivity index (χ1n) is 12.3. The Morgan fingerprint density at radius 2 is 1.88 bits per heavy atom. The summed E-state index contributed by atoms with van der Waals surface area (Å²) in [5.74, 6) is 0.0224. The van der Waals surface area contributed by atoms with Crippen molar-refractivity contribution in [3.8, 4) is 17.0 Å². The summed E-state index contributed by atoms with van der Waals surface area (Å²) in [6.45, 7) is 0.995. The SMILES string of the molecule is COC(=O)c1c(-c2ccnc(Nc3cc([N+](=O)[O-])c(N(C)CCN(C)OC)cc3OC)n2)c2ccccc2n1C. The number of hydrogen-bond donors (Lipinski definition) is 1. The molecule has 2 aromatic carbocycles. The van der Waals surface area contributed by atoms with Gasteiger partial charge in [0.15, 0.2) is 0 Å². The Morgan fingerprint density at radius 3 is 2.55 bits per heavy atom. The largest absolute Gasteiger partial charge is 0.494 e. The van der Waals surface area contributed by atoms with Gasteiger partial charge in [-0.15, -0.1) is 0 Å². The lowest BCUT2D eigenvalue weighted by Gasteiger charge is -2.23. The number of nitrogens with zero attached hydrogens (tertiary/aromatic N) is 6. The lowest BCUT2D eigenvalue weighted by molar-refractivity contribution is -0.384. The second-order valence-corrected chi connectivity index (χ2v) is 8.94. The molecule has 0 amide bonds. The summed E-state index contributed by atoms with van der Waals surface area (Å²) in [7, 11) is 9.68. The Hall–Kier alpha value is -4.75. The van der Waals surface area contributed by atoms with E-state index >= 15 is 0 Å². The molecule has 2 heterocycles. The molecule has 0 unspecified atom stereocenters. The molecule has 1 N–H and O–H groups in total. The average molecular weight is 550 g/mol. The molecule has 0 saturated carbocycles. The van der Waals surface area contributed by atoms with Crippen LogP contribution in [-0.4, -0.2) is 79.0 Å². The molecular weight excluding hydrogens is 518 g/mol. The Bertz CT molecular complexity index is 1550. The summed E-state index contributed by atoms with van der Waals surface area (Å²) >= 11 is 0. The molecule has 0 aliphatic heterocycles. The van der Waals surface area contributed by atoms with Crippen molar-refractivity contribution in [3.05, 3.63) is 64.5 Å². The predicted octanol–water partition coefficient (Wildman–Crippen LogP) is 4.01. The van der Waals surface area contributed by atoms with Crippen LogP contribution in [0, 0.1) is 10.1 Å². The number of nitro groups is 1. The monoisotopic (exact) mass is 549 g/mol. The molecule has 4 aromatic rings. The third kappa shape index (κ3) is 5.51. The number of esters is 1. The maximum Gasteiger partial charge on any atom is 0.355 e. The fraction of sp³-hybridized carbons (Fsp3) is 0.296. The number of fused-ring (bicyclic) bond motifs is 1. The van der Waals surface area contributed by atoms with Crippen LogP contribution >= 0.6 is 0 Å². The molecule has 210 valence electrons. The highest BCUT2D eigenvalue weighted by atomic mass is 16.7. The molecule has 4 rings (SSSR count). The van der Waals surface area contributed by atoms with Gasteiger partial charge < -0.3 is 29.1 Å². The van der Waals surface area contributed by atoms with Gasteiger partial charge in [-0.25, -0.2) is 14.8 Å². The zero-order valence-electron chi connectivity index (χ0n) is 23.2. The number of anilines is 3. The van der Waals surface area contributed by atoms with E-state index < -0.39 is 10.9 Å². The standard InChI is InChI=1S/C27H31N7O6/c1-31(13-14-32(2)40-6)21-16-23(38-4)19(15-22(21)34(36)37)30-27-28-12-11-18(29-27)24-17-9-7-8-10-20(17)33(3)25(24)26(35)39-5/h7-12,15-16H,13-14H2,1-6H3,(H,28,29,30). The van der Waals surface area contributed by atoms with E-state index in [-0.39, 0.29) is 11.6 Å². The minimum Gasteiger partial charge on any atom is -0.494 e. The number of rotatable bonds is 11. The van der Waals surface area contributed by atoms with Gasteiger partial charge in [0.2, 0.25) is 5.95 Å². The molecule has 0 fully saturated rings. The first-order chi connectivity index (χ1) is 19.2. The number of nitro benzene ring substituents is 1. The normalized spacial score (nSPS) is 11.1. The van der Waals surface area contributed by atoms with E-state index in [0.717, 1.165) is 10.9 Å². The Balaban J connectivity index is 1.75. The van der Waals surface area contributed by atoms with Gasteiger partial charge >= 0.3 is 5.97 Å².